The molecule has 4 rings (SSSR count). The van der Waals surface area contributed by atoms with E-state index in [1.54, 1.807) is 14.0 Å². The number of amides is 1. The van der Waals surface area contributed by atoms with E-state index in [1.165, 1.54) is 30.0 Å². The molecule has 1 N–H and O–H groups in total. The molecule has 2 aromatic carbocycles. The average Bonchev–Trinajstić information content (AvgIpc) is 3.42. The van der Waals surface area contributed by atoms with E-state index in [2.05, 4.69) is 15.5 Å². The van der Waals surface area contributed by atoms with Gasteiger partial charge in [-0.05, 0) is 37.6 Å². The summed E-state index contributed by atoms with van der Waals surface area (Å²) in [5.41, 5.74) is 1.75. The Kier molecular flexibility index (Phi) is 6.31. The van der Waals surface area contributed by atoms with E-state index < -0.39 is 4.92 Å². The number of nitrogens with one attached hydrogen (secondary N) is 1. The Hall–Kier alpha value is -3.86. The van der Waals surface area contributed by atoms with Gasteiger partial charge in [0.25, 0.3) is 5.69 Å². The van der Waals surface area contributed by atoms with Gasteiger partial charge in [-0.1, -0.05) is 23.9 Å². The van der Waals surface area contributed by atoms with E-state index in [-0.39, 0.29) is 17.3 Å². The summed E-state index contributed by atoms with van der Waals surface area (Å²) in [6.45, 7) is 4.25. The predicted molar refractivity (Wildman–Crippen MR) is 125 cm³/mol. The normalized spacial score (nSPS) is 11.0. The molecule has 0 aliphatic rings. The van der Waals surface area contributed by atoms with Crippen LogP contribution in [0.2, 0.25) is 0 Å². The summed E-state index contributed by atoms with van der Waals surface area (Å²) >= 11 is 1.25. The van der Waals surface area contributed by atoms with E-state index >= 15 is 0 Å². The number of methoxy groups -OCH3 is 1. The first kappa shape index (κ1) is 22.3. The van der Waals surface area contributed by atoms with Gasteiger partial charge in [0, 0.05) is 29.8 Å². The number of benzene rings is 2. The number of aromatic nitrogens is 3. The number of carbonyl (C=O) groups is 1. The molecule has 10 nitrogen and oxygen atoms in total. The summed E-state index contributed by atoms with van der Waals surface area (Å²) in [5.74, 6) is 1.60. The number of anilines is 1. The molecule has 0 fully saturated rings. The molecule has 0 aliphatic carbocycles. The number of nitro groups is 1. The number of carbonyl (C=O) groups excluding carboxylic acids is 1. The first-order valence-electron chi connectivity index (χ1n) is 10.1. The number of thioether (sulfide) groups is 1. The Morgan fingerprint density at radius 1 is 1.27 bits per heavy atom. The second-order valence-corrected chi connectivity index (χ2v) is 8.08. The fraction of sp³-hybridized carbons (Fsp3) is 0.227. The van der Waals surface area contributed by atoms with Gasteiger partial charge in [0.05, 0.1) is 17.8 Å². The minimum absolute atomic E-state index is 0.0216. The van der Waals surface area contributed by atoms with Crippen molar-refractivity contribution in [3.8, 4) is 17.3 Å². The van der Waals surface area contributed by atoms with Crippen molar-refractivity contribution in [2.24, 2.45) is 0 Å². The lowest BCUT2D eigenvalue weighted by Gasteiger charge is -2.09. The van der Waals surface area contributed by atoms with Crippen LogP contribution < -0.4 is 10.1 Å². The van der Waals surface area contributed by atoms with Crippen LogP contribution in [0.3, 0.4) is 0 Å². The maximum Gasteiger partial charge on any atom is 0.269 e. The molecule has 0 saturated heterocycles. The first-order valence-corrected chi connectivity index (χ1v) is 11.1. The summed E-state index contributed by atoms with van der Waals surface area (Å²) in [5, 5.41) is 23.6. The van der Waals surface area contributed by atoms with Gasteiger partial charge in [-0.15, -0.1) is 10.2 Å². The molecule has 4 aromatic rings. The van der Waals surface area contributed by atoms with Gasteiger partial charge in [0.15, 0.2) is 22.2 Å². The van der Waals surface area contributed by atoms with Gasteiger partial charge in [-0.25, -0.2) is 0 Å². The maximum absolute atomic E-state index is 12.5. The third-order valence-electron chi connectivity index (χ3n) is 5.01. The molecule has 0 aliphatic heterocycles. The SMILES string of the molecule is CCn1c(SCC(=O)Nc2ccc([N+](=O)[O-])cc2C)nnc1-c1cc2cccc(OC)c2o1. The highest BCUT2D eigenvalue weighted by molar-refractivity contribution is 7.99. The van der Waals surface area contributed by atoms with Crippen LogP contribution in [0.25, 0.3) is 22.6 Å². The number of fused-ring (bicyclic) bond motifs is 1. The van der Waals surface area contributed by atoms with Crippen LogP contribution in [-0.2, 0) is 11.3 Å². The summed E-state index contributed by atoms with van der Waals surface area (Å²) in [7, 11) is 1.59. The number of para-hydroxylation sites is 1. The quantitative estimate of drug-likeness (QED) is 0.225. The second-order valence-electron chi connectivity index (χ2n) is 7.13. The molecule has 0 radical (unpaired) electrons. The molecule has 2 aromatic heterocycles. The Labute approximate surface area is 193 Å². The molecule has 2 heterocycles. The highest BCUT2D eigenvalue weighted by Gasteiger charge is 2.19. The third kappa shape index (κ3) is 4.53. The molecular weight excluding hydrogens is 446 g/mol. The van der Waals surface area contributed by atoms with Gasteiger partial charge >= 0.3 is 0 Å². The largest absolute Gasteiger partial charge is 0.493 e. The number of nitrogens with zero attached hydrogens (tertiary/aromatic N) is 4. The van der Waals surface area contributed by atoms with Crippen LogP contribution in [-0.4, -0.2) is 38.5 Å². The number of furan rings is 1. The van der Waals surface area contributed by atoms with Crippen molar-refractivity contribution in [1.29, 1.82) is 0 Å². The number of hydrogen-bond donors (Lipinski definition) is 1. The van der Waals surface area contributed by atoms with Gasteiger partial charge in [-0.3, -0.25) is 19.5 Å². The lowest BCUT2D eigenvalue weighted by Crippen LogP contribution is -2.15. The number of nitro benzene ring substituents is 1. The molecule has 33 heavy (non-hydrogen) atoms. The van der Waals surface area contributed by atoms with Crippen LogP contribution in [0.4, 0.5) is 11.4 Å². The highest BCUT2D eigenvalue weighted by atomic mass is 32.2. The molecule has 0 unspecified atom stereocenters. The van der Waals surface area contributed by atoms with Crippen LogP contribution in [0, 0.1) is 17.0 Å². The van der Waals surface area contributed by atoms with Crippen molar-refractivity contribution in [3.63, 3.8) is 0 Å². The molecule has 1 amide bonds. The standard InChI is InChI=1S/C22H21N5O5S/c1-4-26-21(18-11-14-6-5-7-17(31-3)20(14)32-18)24-25-22(26)33-12-19(28)23-16-9-8-15(27(29)30)10-13(16)2/h5-11H,4,12H2,1-3H3,(H,23,28). The number of hydrogen-bond acceptors (Lipinski definition) is 8. The highest BCUT2D eigenvalue weighted by Crippen LogP contribution is 2.34. The molecule has 0 bridgehead atoms. The zero-order valence-electron chi connectivity index (χ0n) is 18.2. The van der Waals surface area contributed by atoms with Crippen LogP contribution in [0.1, 0.15) is 12.5 Å². The molecule has 0 saturated carbocycles. The first-order chi connectivity index (χ1) is 15.9. The van der Waals surface area contributed by atoms with Gasteiger partial charge < -0.3 is 14.5 Å². The Morgan fingerprint density at radius 3 is 2.79 bits per heavy atom. The molecule has 0 atom stereocenters. The number of rotatable bonds is 8. The minimum Gasteiger partial charge on any atom is -0.493 e. The fourth-order valence-corrected chi connectivity index (χ4v) is 4.19. The second kappa shape index (κ2) is 9.33. The van der Waals surface area contributed by atoms with Crippen molar-refractivity contribution in [3.05, 3.63) is 58.1 Å². The van der Waals surface area contributed by atoms with Crippen LogP contribution in [0.5, 0.6) is 5.75 Å². The van der Waals surface area contributed by atoms with Crippen molar-refractivity contribution < 1.29 is 18.9 Å². The zero-order chi connectivity index (χ0) is 23.5. The van der Waals surface area contributed by atoms with Crippen molar-refractivity contribution in [2.45, 2.75) is 25.5 Å². The molecular formula is C22H21N5O5S. The monoisotopic (exact) mass is 467 g/mol. The lowest BCUT2D eigenvalue weighted by molar-refractivity contribution is -0.384. The topological polar surface area (TPSA) is 125 Å². The van der Waals surface area contributed by atoms with E-state index in [1.807, 2.05) is 35.8 Å². The Balaban J connectivity index is 1.49. The molecule has 0 spiro atoms. The van der Waals surface area contributed by atoms with E-state index in [0.29, 0.717) is 45.9 Å². The van der Waals surface area contributed by atoms with Crippen LogP contribution >= 0.6 is 11.8 Å². The number of aryl methyl sites for hydroxylation is 1. The Morgan fingerprint density at radius 2 is 2.09 bits per heavy atom. The van der Waals surface area contributed by atoms with E-state index in [0.717, 1.165) is 5.39 Å². The number of ether oxygens (including phenoxy) is 1. The smallest absolute Gasteiger partial charge is 0.269 e. The van der Waals surface area contributed by atoms with E-state index in [9.17, 15) is 14.9 Å². The van der Waals surface area contributed by atoms with Gasteiger partial charge in [-0.2, -0.15) is 0 Å². The van der Waals surface area contributed by atoms with E-state index in [4.69, 9.17) is 9.15 Å². The lowest BCUT2D eigenvalue weighted by atomic mass is 10.2. The molecule has 170 valence electrons. The third-order valence-corrected chi connectivity index (χ3v) is 5.98. The number of non-ortho nitro benzene ring substituents is 1. The summed E-state index contributed by atoms with van der Waals surface area (Å²) in [4.78, 5) is 22.9. The van der Waals surface area contributed by atoms with Crippen LogP contribution in [0.15, 0.2) is 52.0 Å². The zero-order valence-corrected chi connectivity index (χ0v) is 19.0. The van der Waals surface area contributed by atoms with Gasteiger partial charge in [0.2, 0.25) is 11.7 Å². The summed E-state index contributed by atoms with van der Waals surface area (Å²) in [6, 6.07) is 11.8. The summed E-state index contributed by atoms with van der Waals surface area (Å²) in [6.07, 6.45) is 0. The molecule has 11 heteroatoms. The Bertz CT molecular complexity index is 1350. The minimum atomic E-state index is -0.471. The van der Waals surface area contributed by atoms with Gasteiger partial charge in [0.1, 0.15) is 0 Å². The van der Waals surface area contributed by atoms with Crippen molar-refractivity contribution in [2.75, 3.05) is 18.2 Å². The fourth-order valence-electron chi connectivity index (χ4n) is 3.39. The maximum atomic E-state index is 12.5. The summed E-state index contributed by atoms with van der Waals surface area (Å²) < 4.78 is 13.2. The van der Waals surface area contributed by atoms with Crippen molar-refractivity contribution >= 4 is 40.0 Å². The van der Waals surface area contributed by atoms with Crippen molar-refractivity contribution in [1.82, 2.24) is 14.8 Å². The predicted octanol–water partition coefficient (Wildman–Crippen LogP) is 4.67. The average molecular weight is 468 g/mol.